The molecule has 0 radical (unpaired) electrons. The predicted molar refractivity (Wildman–Crippen MR) is 78.5 cm³/mol. The van der Waals surface area contributed by atoms with E-state index in [0.29, 0.717) is 0 Å². The number of hydrogen-bond acceptors (Lipinski definition) is 5. The fraction of sp³-hybridized carbons (Fsp3) is 0.769. The number of unbranched alkanes of at least 4 members (excludes halogenated alkanes) is 1. The number of nitrogens with two attached hydrogens (primary N) is 1. The van der Waals surface area contributed by atoms with E-state index in [1.165, 1.54) is 0 Å². The van der Waals surface area contributed by atoms with Gasteiger partial charge >= 0.3 is 0 Å². The van der Waals surface area contributed by atoms with Crippen molar-refractivity contribution in [3.8, 4) is 0 Å². The molecule has 1 rings (SSSR count). The van der Waals surface area contributed by atoms with Crippen LogP contribution in [0.1, 0.15) is 51.9 Å². The maximum atomic E-state index is 8.71. The van der Waals surface area contributed by atoms with Gasteiger partial charge in [-0.2, -0.15) is 0 Å². The summed E-state index contributed by atoms with van der Waals surface area (Å²) in [6.45, 7) is 6.94. The van der Waals surface area contributed by atoms with Gasteiger partial charge in [-0.25, -0.2) is 0 Å². The van der Waals surface area contributed by atoms with Crippen LogP contribution in [0.5, 0.6) is 0 Å². The molecule has 0 aromatic carbocycles. The Kier molecular flexibility index (Phi) is 5.94. The number of hydrogen-bond donors (Lipinski definition) is 3. The summed E-state index contributed by atoms with van der Waals surface area (Å²) >= 11 is 0. The summed E-state index contributed by atoms with van der Waals surface area (Å²) in [5, 5.41) is 23.2. The van der Waals surface area contributed by atoms with E-state index in [4.69, 9.17) is 10.9 Å². The van der Waals surface area contributed by atoms with Crippen molar-refractivity contribution < 1.29 is 5.21 Å². The van der Waals surface area contributed by atoms with Crippen LogP contribution in [0.15, 0.2) is 11.5 Å². The Balaban J connectivity index is 2.24. The molecule has 0 bridgehead atoms. The number of amidine groups is 1. The van der Waals surface area contributed by atoms with Crippen molar-refractivity contribution in [2.24, 2.45) is 23.4 Å². The van der Waals surface area contributed by atoms with E-state index in [2.05, 4.69) is 27.6 Å². The first-order valence-electron chi connectivity index (χ1n) is 6.93. The molecule has 4 N–H and O–H groups in total. The average molecular weight is 282 g/mol. The second kappa shape index (κ2) is 7.23. The summed E-state index contributed by atoms with van der Waals surface area (Å²) in [5.41, 5.74) is 5.40. The highest BCUT2D eigenvalue weighted by Gasteiger charge is 2.22. The molecule has 7 nitrogen and oxygen atoms in total. The van der Waals surface area contributed by atoms with Crippen LogP contribution in [-0.2, 0) is 7.05 Å². The van der Waals surface area contributed by atoms with Crippen LogP contribution in [0.2, 0.25) is 0 Å². The number of nitrogens with one attached hydrogen (secondary N) is 1. The van der Waals surface area contributed by atoms with Crippen LogP contribution >= 0.6 is 0 Å². The molecule has 1 heterocycles. The topological polar surface area (TPSA) is 101 Å². The first kappa shape index (κ1) is 16.4. The van der Waals surface area contributed by atoms with E-state index >= 15 is 0 Å². The summed E-state index contributed by atoms with van der Waals surface area (Å²) < 4.78 is 1.92. The van der Waals surface area contributed by atoms with Gasteiger partial charge < -0.3 is 20.8 Å². The van der Waals surface area contributed by atoms with Gasteiger partial charge in [0.2, 0.25) is 0 Å². The van der Waals surface area contributed by atoms with Gasteiger partial charge in [0.05, 0.1) is 6.04 Å². The first-order chi connectivity index (χ1) is 9.38. The molecule has 1 unspecified atom stereocenters. The highest BCUT2D eigenvalue weighted by atomic mass is 16.4. The van der Waals surface area contributed by atoms with Crippen LogP contribution in [0.3, 0.4) is 0 Å². The summed E-state index contributed by atoms with van der Waals surface area (Å²) in [5.74, 6) is 1.22. The monoisotopic (exact) mass is 282 g/mol. The number of nitrogens with zero attached hydrogens (tertiary/aromatic N) is 4. The normalized spacial score (nSPS) is 14.5. The SMILES string of the molecule is CC(NCCCCC(C)(C)C(N)=NO)c1nncn1C. The van der Waals surface area contributed by atoms with Gasteiger partial charge in [0.15, 0.2) is 0 Å². The Hall–Kier alpha value is -1.63. The van der Waals surface area contributed by atoms with Crippen molar-refractivity contribution in [1.82, 2.24) is 20.1 Å². The summed E-state index contributed by atoms with van der Waals surface area (Å²) in [7, 11) is 1.94. The molecule has 7 heteroatoms. The molecule has 0 amide bonds. The lowest BCUT2D eigenvalue weighted by atomic mass is 9.86. The van der Waals surface area contributed by atoms with E-state index in [1.54, 1.807) is 6.33 Å². The van der Waals surface area contributed by atoms with Gasteiger partial charge in [-0.15, -0.1) is 10.2 Å². The Morgan fingerprint density at radius 1 is 1.55 bits per heavy atom. The zero-order valence-electron chi connectivity index (χ0n) is 12.8. The molecule has 0 aliphatic rings. The average Bonchev–Trinajstić information content (AvgIpc) is 2.83. The molecule has 20 heavy (non-hydrogen) atoms. The maximum Gasteiger partial charge on any atom is 0.149 e. The van der Waals surface area contributed by atoms with E-state index < -0.39 is 0 Å². The van der Waals surface area contributed by atoms with Gasteiger partial charge in [0, 0.05) is 12.5 Å². The molecule has 0 saturated heterocycles. The molecule has 1 atom stereocenters. The van der Waals surface area contributed by atoms with Gasteiger partial charge in [0.25, 0.3) is 0 Å². The van der Waals surface area contributed by atoms with Crippen molar-refractivity contribution in [2.45, 2.75) is 46.1 Å². The van der Waals surface area contributed by atoms with Crippen molar-refractivity contribution in [3.05, 3.63) is 12.2 Å². The van der Waals surface area contributed by atoms with Gasteiger partial charge in [-0.1, -0.05) is 25.4 Å². The quantitative estimate of drug-likeness (QED) is 0.220. The highest BCUT2D eigenvalue weighted by Crippen LogP contribution is 2.23. The standard InChI is InChI=1S/C13H26N6O/c1-10(11-17-16-9-19(11)4)15-8-6-5-7-13(2,3)12(14)18-20/h9-10,15,20H,5-8H2,1-4H3,(H2,14,18). The van der Waals surface area contributed by atoms with Crippen molar-refractivity contribution in [1.29, 1.82) is 0 Å². The van der Waals surface area contributed by atoms with Crippen LogP contribution in [-0.4, -0.2) is 32.4 Å². The van der Waals surface area contributed by atoms with Gasteiger partial charge in [-0.3, -0.25) is 0 Å². The zero-order chi connectivity index (χ0) is 15.2. The lowest BCUT2D eigenvalue weighted by Crippen LogP contribution is -2.32. The molecular weight excluding hydrogens is 256 g/mol. The Morgan fingerprint density at radius 2 is 2.25 bits per heavy atom. The molecule has 0 aliphatic carbocycles. The molecule has 114 valence electrons. The summed E-state index contributed by atoms with van der Waals surface area (Å²) in [4.78, 5) is 0. The van der Waals surface area contributed by atoms with E-state index in [1.807, 2.05) is 25.5 Å². The fourth-order valence-corrected chi connectivity index (χ4v) is 2.05. The van der Waals surface area contributed by atoms with Crippen molar-refractivity contribution in [3.63, 3.8) is 0 Å². The van der Waals surface area contributed by atoms with Crippen LogP contribution < -0.4 is 11.1 Å². The molecule has 0 spiro atoms. The lowest BCUT2D eigenvalue weighted by Gasteiger charge is -2.22. The van der Waals surface area contributed by atoms with E-state index in [0.717, 1.165) is 31.6 Å². The maximum absolute atomic E-state index is 8.71. The van der Waals surface area contributed by atoms with Crippen LogP contribution in [0.25, 0.3) is 0 Å². The molecular formula is C13H26N6O. The third-order valence-corrected chi connectivity index (χ3v) is 3.61. The van der Waals surface area contributed by atoms with Gasteiger partial charge in [-0.05, 0) is 26.3 Å². The summed E-state index contributed by atoms with van der Waals surface area (Å²) in [6.07, 6.45) is 4.64. The minimum Gasteiger partial charge on any atom is -0.409 e. The van der Waals surface area contributed by atoms with Crippen molar-refractivity contribution >= 4 is 5.84 Å². The minimum absolute atomic E-state index is 0.180. The molecule has 1 aromatic heterocycles. The molecule has 0 fully saturated rings. The lowest BCUT2D eigenvalue weighted by molar-refractivity contribution is 0.304. The highest BCUT2D eigenvalue weighted by molar-refractivity contribution is 5.85. The second-order valence-corrected chi connectivity index (χ2v) is 5.80. The molecule has 1 aromatic rings. The van der Waals surface area contributed by atoms with Crippen LogP contribution in [0.4, 0.5) is 0 Å². The Bertz CT molecular complexity index is 440. The van der Waals surface area contributed by atoms with Crippen molar-refractivity contribution in [2.75, 3.05) is 6.54 Å². The third kappa shape index (κ3) is 4.48. The Morgan fingerprint density at radius 3 is 2.80 bits per heavy atom. The van der Waals surface area contributed by atoms with E-state index in [9.17, 15) is 0 Å². The largest absolute Gasteiger partial charge is 0.409 e. The number of aromatic nitrogens is 3. The third-order valence-electron chi connectivity index (χ3n) is 3.61. The number of aryl methyl sites for hydroxylation is 1. The Labute approximate surface area is 120 Å². The second-order valence-electron chi connectivity index (χ2n) is 5.80. The zero-order valence-corrected chi connectivity index (χ0v) is 12.8. The summed E-state index contributed by atoms with van der Waals surface area (Å²) in [6, 6.07) is 0.180. The smallest absolute Gasteiger partial charge is 0.149 e. The number of rotatable bonds is 8. The molecule has 0 aliphatic heterocycles. The van der Waals surface area contributed by atoms with E-state index in [-0.39, 0.29) is 17.3 Å². The minimum atomic E-state index is -0.260. The van der Waals surface area contributed by atoms with Crippen LogP contribution in [0, 0.1) is 5.41 Å². The molecule has 0 saturated carbocycles. The fourth-order valence-electron chi connectivity index (χ4n) is 2.05. The number of oxime groups is 1. The predicted octanol–water partition coefficient (Wildman–Crippen LogP) is 1.41. The first-order valence-corrected chi connectivity index (χ1v) is 6.93. The van der Waals surface area contributed by atoms with Gasteiger partial charge in [0.1, 0.15) is 18.0 Å².